The first-order valence-electron chi connectivity index (χ1n) is 8.81. The number of carbonyl (C=O) groups excluding carboxylic acids is 1. The van der Waals surface area contributed by atoms with Gasteiger partial charge in [0.2, 0.25) is 17.6 Å². The molecule has 0 atom stereocenters. The number of hydrogen-bond acceptors (Lipinski definition) is 5. The summed E-state index contributed by atoms with van der Waals surface area (Å²) >= 11 is 12.0. The number of benzene rings is 2. The van der Waals surface area contributed by atoms with Crippen LogP contribution in [0, 0.1) is 0 Å². The zero-order valence-corrected chi connectivity index (χ0v) is 16.8. The van der Waals surface area contributed by atoms with Crippen LogP contribution in [-0.4, -0.2) is 22.7 Å². The predicted octanol–water partition coefficient (Wildman–Crippen LogP) is 4.69. The summed E-state index contributed by atoms with van der Waals surface area (Å²) in [6, 6.07) is 12.6. The fourth-order valence-corrected chi connectivity index (χ4v) is 3.05. The first-order chi connectivity index (χ1) is 13.5. The van der Waals surface area contributed by atoms with Gasteiger partial charge in [-0.15, -0.1) is 0 Å². The van der Waals surface area contributed by atoms with E-state index in [0.717, 1.165) is 16.9 Å². The summed E-state index contributed by atoms with van der Waals surface area (Å²) in [4.78, 5) is 16.4. The SMILES string of the molecule is CCOc1ccc(-c2noc(CNC(=O)CCc3ccc(Cl)cc3Cl)n2)cc1. The second kappa shape index (κ2) is 9.57. The molecule has 0 bridgehead atoms. The van der Waals surface area contributed by atoms with Crippen molar-refractivity contribution in [3.8, 4) is 17.1 Å². The lowest BCUT2D eigenvalue weighted by atomic mass is 10.1. The molecule has 28 heavy (non-hydrogen) atoms. The molecule has 146 valence electrons. The van der Waals surface area contributed by atoms with Crippen LogP contribution in [0.15, 0.2) is 47.0 Å². The van der Waals surface area contributed by atoms with Crippen molar-refractivity contribution in [2.45, 2.75) is 26.3 Å². The van der Waals surface area contributed by atoms with Gasteiger partial charge >= 0.3 is 0 Å². The zero-order valence-electron chi connectivity index (χ0n) is 15.2. The molecule has 1 aromatic heterocycles. The summed E-state index contributed by atoms with van der Waals surface area (Å²) in [6.45, 7) is 2.70. The Balaban J connectivity index is 1.50. The first-order valence-corrected chi connectivity index (χ1v) is 9.57. The maximum atomic E-state index is 12.1. The minimum Gasteiger partial charge on any atom is -0.494 e. The molecule has 3 aromatic rings. The van der Waals surface area contributed by atoms with Gasteiger partial charge in [0.1, 0.15) is 5.75 Å². The van der Waals surface area contributed by atoms with E-state index in [1.165, 1.54) is 0 Å². The maximum absolute atomic E-state index is 12.1. The average molecular weight is 420 g/mol. The molecular formula is C20H19Cl2N3O3. The summed E-state index contributed by atoms with van der Waals surface area (Å²) in [5.74, 6) is 1.44. The number of aromatic nitrogens is 2. The highest BCUT2D eigenvalue weighted by Gasteiger charge is 2.11. The number of hydrogen-bond donors (Lipinski definition) is 1. The third kappa shape index (κ3) is 5.47. The molecule has 0 spiro atoms. The van der Waals surface area contributed by atoms with Gasteiger partial charge in [-0.3, -0.25) is 4.79 Å². The minimum atomic E-state index is -0.133. The predicted molar refractivity (Wildman–Crippen MR) is 108 cm³/mol. The Morgan fingerprint density at radius 1 is 1.18 bits per heavy atom. The van der Waals surface area contributed by atoms with Crippen molar-refractivity contribution in [3.05, 3.63) is 64.0 Å². The molecule has 0 aliphatic rings. The molecule has 0 saturated carbocycles. The number of ether oxygens (including phenoxy) is 1. The third-order valence-electron chi connectivity index (χ3n) is 3.96. The van der Waals surface area contributed by atoms with Crippen LogP contribution in [0.5, 0.6) is 5.75 Å². The molecule has 0 unspecified atom stereocenters. The van der Waals surface area contributed by atoms with E-state index in [-0.39, 0.29) is 12.5 Å². The largest absolute Gasteiger partial charge is 0.494 e. The monoisotopic (exact) mass is 419 g/mol. The van der Waals surface area contributed by atoms with Crippen molar-refractivity contribution in [2.75, 3.05) is 6.61 Å². The van der Waals surface area contributed by atoms with Crippen molar-refractivity contribution in [2.24, 2.45) is 0 Å². The molecule has 8 heteroatoms. The maximum Gasteiger partial charge on any atom is 0.246 e. The topological polar surface area (TPSA) is 77.3 Å². The molecule has 0 aliphatic heterocycles. The Bertz CT molecular complexity index is 942. The molecule has 6 nitrogen and oxygen atoms in total. The number of carbonyl (C=O) groups is 1. The summed E-state index contributed by atoms with van der Waals surface area (Å²) < 4.78 is 10.6. The second-order valence-electron chi connectivity index (χ2n) is 5.98. The summed E-state index contributed by atoms with van der Waals surface area (Å²) in [5, 5.41) is 7.83. The molecule has 0 aliphatic carbocycles. The third-order valence-corrected chi connectivity index (χ3v) is 4.55. The van der Waals surface area contributed by atoms with Gasteiger partial charge in [0, 0.05) is 22.0 Å². The minimum absolute atomic E-state index is 0.133. The van der Waals surface area contributed by atoms with Gasteiger partial charge in [-0.25, -0.2) is 0 Å². The molecule has 0 radical (unpaired) electrons. The van der Waals surface area contributed by atoms with E-state index in [4.69, 9.17) is 32.5 Å². The number of nitrogens with zero attached hydrogens (tertiary/aromatic N) is 2. The van der Waals surface area contributed by atoms with Gasteiger partial charge < -0.3 is 14.6 Å². The van der Waals surface area contributed by atoms with Gasteiger partial charge in [0.15, 0.2) is 0 Å². The molecule has 1 amide bonds. The zero-order chi connectivity index (χ0) is 19.9. The Morgan fingerprint density at radius 2 is 1.96 bits per heavy atom. The highest BCUT2D eigenvalue weighted by Crippen LogP contribution is 2.22. The van der Waals surface area contributed by atoms with Crippen LogP contribution in [0.2, 0.25) is 10.0 Å². The van der Waals surface area contributed by atoms with Crippen molar-refractivity contribution in [1.29, 1.82) is 0 Å². The van der Waals surface area contributed by atoms with Crippen molar-refractivity contribution in [3.63, 3.8) is 0 Å². The number of aryl methyl sites for hydroxylation is 1. The van der Waals surface area contributed by atoms with E-state index in [2.05, 4.69) is 15.5 Å². The second-order valence-corrected chi connectivity index (χ2v) is 6.83. The Hall–Kier alpha value is -2.57. The van der Waals surface area contributed by atoms with Gasteiger partial charge in [-0.2, -0.15) is 4.98 Å². The Kier molecular flexibility index (Phi) is 6.90. The van der Waals surface area contributed by atoms with Crippen molar-refractivity contribution >= 4 is 29.1 Å². The van der Waals surface area contributed by atoms with Crippen LogP contribution < -0.4 is 10.1 Å². The summed E-state index contributed by atoms with van der Waals surface area (Å²) in [5.41, 5.74) is 1.68. The van der Waals surface area contributed by atoms with Crippen LogP contribution in [0.1, 0.15) is 24.8 Å². The van der Waals surface area contributed by atoms with Crippen LogP contribution in [0.4, 0.5) is 0 Å². The summed E-state index contributed by atoms with van der Waals surface area (Å²) in [7, 11) is 0. The van der Waals surface area contributed by atoms with Crippen molar-refractivity contribution in [1.82, 2.24) is 15.5 Å². The average Bonchev–Trinajstić information content (AvgIpc) is 3.15. The van der Waals surface area contributed by atoms with E-state index in [1.807, 2.05) is 37.3 Å². The summed E-state index contributed by atoms with van der Waals surface area (Å²) in [6.07, 6.45) is 0.810. The van der Waals surface area contributed by atoms with Gasteiger partial charge in [0.25, 0.3) is 0 Å². The Morgan fingerprint density at radius 3 is 2.68 bits per heavy atom. The highest BCUT2D eigenvalue weighted by molar-refractivity contribution is 6.35. The number of amides is 1. The van der Waals surface area contributed by atoms with Crippen LogP contribution in [0.25, 0.3) is 11.4 Å². The van der Waals surface area contributed by atoms with Crippen LogP contribution in [-0.2, 0) is 17.8 Å². The number of rotatable bonds is 8. The molecule has 2 aromatic carbocycles. The molecular weight excluding hydrogens is 401 g/mol. The molecule has 0 saturated heterocycles. The van der Waals surface area contributed by atoms with E-state index in [1.54, 1.807) is 12.1 Å². The van der Waals surface area contributed by atoms with E-state index in [9.17, 15) is 4.79 Å². The van der Waals surface area contributed by atoms with Crippen molar-refractivity contribution < 1.29 is 14.1 Å². The highest BCUT2D eigenvalue weighted by atomic mass is 35.5. The van der Waals surface area contributed by atoms with Crippen LogP contribution >= 0.6 is 23.2 Å². The van der Waals surface area contributed by atoms with Gasteiger partial charge in [-0.05, 0) is 55.3 Å². The van der Waals surface area contributed by atoms with E-state index < -0.39 is 0 Å². The fourth-order valence-electron chi connectivity index (χ4n) is 2.55. The fraction of sp³-hybridized carbons (Fsp3) is 0.250. The number of halogens is 2. The first kappa shape index (κ1) is 20.2. The quantitative estimate of drug-likeness (QED) is 0.572. The molecule has 3 rings (SSSR count). The normalized spacial score (nSPS) is 10.7. The smallest absolute Gasteiger partial charge is 0.246 e. The van der Waals surface area contributed by atoms with Gasteiger partial charge in [0.05, 0.1) is 13.2 Å². The molecule has 1 N–H and O–H groups in total. The molecule has 0 fully saturated rings. The van der Waals surface area contributed by atoms with E-state index in [0.29, 0.717) is 41.2 Å². The van der Waals surface area contributed by atoms with Crippen LogP contribution in [0.3, 0.4) is 0 Å². The lowest BCUT2D eigenvalue weighted by molar-refractivity contribution is -0.121. The lowest BCUT2D eigenvalue weighted by Crippen LogP contribution is -2.23. The standard InChI is InChI=1S/C20H19Cl2N3O3/c1-2-27-16-8-4-14(5-9-16)20-24-19(28-25-20)12-23-18(26)10-6-13-3-7-15(21)11-17(13)22/h3-5,7-9,11H,2,6,10,12H2,1H3,(H,23,26). The van der Waals surface area contributed by atoms with E-state index >= 15 is 0 Å². The number of nitrogens with one attached hydrogen (secondary N) is 1. The molecule has 1 heterocycles. The Labute approximate surface area is 172 Å². The lowest BCUT2D eigenvalue weighted by Gasteiger charge is -2.05. The van der Waals surface area contributed by atoms with Gasteiger partial charge in [-0.1, -0.05) is 34.4 Å².